The van der Waals surface area contributed by atoms with Gasteiger partial charge in [-0.2, -0.15) is 0 Å². The van der Waals surface area contributed by atoms with Crippen molar-refractivity contribution in [3.05, 3.63) is 126 Å². The summed E-state index contributed by atoms with van der Waals surface area (Å²) in [6.45, 7) is 1.66. The first-order chi connectivity index (χ1) is 15.8. The van der Waals surface area contributed by atoms with Crippen LogP contribution in [0.3, 0.4) is 0 Å². The maximum atomic E-state index is 6.42. The molecule has 0 N–H and O–H groups in total. The van der Waals surface area contributed by atoms with Gasteiger partial charge in [-0.3, -0.25) is 4.98 Å². The van der Waals surface area contributed by atoms with Crippen molar-refractivity contribution >= 4 is 28.2 Å². The molecule has 0 atom stereocenters. The Labute approximate surface area is 193 Å². The fourth-order valence-corrected chi connectivity index (χ4v) is 4.12. The van der Waals surface area contributed by atoms with E-state index in [1.54, 1.807) is 6.20 Å². The highest BCUT2D eigenvalue weighted by molar-refractivity contribution is 6.34. The Morgan fingerprint density at radius 3 is 1.94 bits per heavy atom. The molecule has 0 amide bonds. The van der Waals surface area contributed by atoms with Crippen LogP contribution in [0.4, 0.5) is 5.69 Å². The molecule has 32 heavy (non-hydrogen) atoms. The zero-order valence-corrected chi connectivity index (χ0v) is 18.3. The molecule has 4 heteroatoms. The highest BCUT2D eigenvalue weighted by atomic mass is 35.5. The maximum absolute atomic E-state index is 6.42. The van der Waals surface area contributed by atoms with Crippen LogP contribution in [0, 0.1) is 0 Å². The molecule has 0 unspecified atom stereocenters. The van der Waals surface area contributed by atoms with Crippen LogP contribution in [-0.4, -0.2) is 9.97 Å². The second-order valence-electron chi connectivity index (χ2n) is 7.74. The van der Waals surface area contributed by atoms with Gasteiger partial charge < -0.3 is 4.90 Å². The summed E-state index contributed by atoms with van der Waals surface area (Å²) >= 11 is 6.42. The summed E-state index contributed by atoms with van der Waals surface area (Å²) in [6, 6.07) is 35.4. The predicted molar refractivity (Wildman–Crippen MR) is 133 cm³/mol. The molecule has 0 aliphatic carbocycles. The largest absolute Gasteiger partial charge is 0.363 e. The number of rotatable bonds is 6. The second-order valence-corrected chi connectivity index (χ2v) is 8.10. The Kier molecular flexibility index (Phi) is 5.82. The van der Waals surface area contributed by atoms with Crippen LogP contribution >= 0.6 is 11.6 Å². The van der Waals surface area contributed by atoms with Gasteiger partial charge in [-0.05, 0) is 41.5 Å². The number of hydrogen-bond acceptors (Lipinski definition) is 3. The molecule has 0 aliphatic heterocycles. The molecule has 3 aromatic carbocycles. The van der Waals surface area contributed by atoms with Crippen LogP contribution < -0.4 is 4.90 Å². The first-order valence-electron chi connectivity index (χ1n) is 10.6. The smallest absolute Gasteiger partial charge is 0.139 e. The Hall–Kier alpha value is -3.69. The lowest BCUT2D eigenvalue weighted by atomic mass is 10.1. The summed E-state index contributed by atoms with van der Waals surface area (Å²) < 4.78 is 0. The van der Waals surface area contributed by atoms with Crippen LogP contribution in [-0.2, 0) is 13.1 Å². The molecular formula is C28H22ClN3. The highest BCUT2D eigenvalue weighted by Gasteiger charge is 2.11. The summed E-state index contributed by atoms with van der Waals surface area (Å²) in [5.41, 5.74) is 6.41. The molecule has 0 spiro atoms. The molecule has 2 heterocycles. The molecule has 0 aliphatic rings. The van der Waals surface area contributed by atoms with Gasteiger partial charge in [0.2, 0.25) is 0 Å². The van der Waals surface area contributed by atoms with Gasteiger partial charge in [0.15, 0.2) is 0 Å². The first kappa shape index (κ1) is 20.2. The van der Waals surface area contributed by atoms with Crippen molar-refractivity contribution in [2.45, 2.75) is 13.1 Å². The predicted octanol–water partition coefficient (Wildman–Crippen LogP) is 7.16. The van der Waals surface area contributed by atoms with Crippen LogP contribution in [0.25, 0.3) is 22.2 Å². The van der Waals surface area contributed by atoms with E-state index in [0.717, 1.165) is 40.9 Å². The van der Waals surface area contributed by atoms with Crippen molar-refractivity contribution in [1.82, 2.24) is 9.97 Å². The number of aromatic nitrogens is 2. The Bertz CT molecular complexity index is 1280. The average molecular weight is 436 g/mol. The number of anilines is 1. The minimum atomic E-state index is 0.476. The van der Waals surface area contributed by atoms with Crippen molar-refractivity contribution in [3.8, 4) is 11.3 Å². The summed E-state index contributed by atoms with van der Waals surface area (Å²) in [6.07, 6.45) is 1.77. The summed E-state index contributed by atoms with van der Waals surface area (Å²) in [5.74, 6) is 0. The molecule has 3 nitrogen and oxygen atoms in total. The number of hydrogen-bond donors (Lipinski definition) is 0. The normalized spacial score (nSPS) is 10.9. The van der Waals surface area contributed by atoms with E-state index < -0.39 is 0 Å². The molecule has 5 aromatic rings. The summed E-state index contributed by atoms with van der Waals surface area (Å²) in [4.78, 5) is 11.4. The van der Waals surface area contributed by atoms with Crippen LogP contribution in [0.15, 0.2) is 109 Å². The Balaban J connectivity index is 1.46. The van der Waals surface area contributed by atoms with Crippen LogP contribution in [0.2, 0.25) is 5.15 Å². The van der Waals surface area contributed by atoms with E-state index in [4.69, 9.17) is 11.6 Å². The van der Waals surface area contributed by atoms with Crippen molar-refractivity contribution < 1.29 is 0 Å². The number of benzene rings is 3. The lowest BCUT2D eigenvalue weighted by Crippen LogP contribution is -2.22. The third-order valence-corrected chi connectivity index (χ3v) is 5.80. The highest BCUT2D eigenvalue weighted by Crippen LogP contribution is 2.29. The molecule has 0 radical (unpaired) electrons. The molecule has 5 rings (SSSR count). The second kappa shape index (κ2) is 9.21. The lowest BCUT2D eigenvalue weighted by Gasteiger charge is -2.25. The van der Waals surface area contributed by atoms with E-state index >= 15 is 0 Å². The number of nitrogens with zero attached hydrogens (tertiary/aromatic N) is 3. The Morgan fingerprint density at radius 1 is 0.688 bits per heavy atom. The average Bonchev–Trinajstić information content (AvgIpc) is 2.85. The zero-order chi connectivity index (χ0) is 21.8. The first-order valence-corrected chi connectivity index (χ1v) is 11.0. The van der Waals surface area contributed by atoms with Crippen LogP contribution in [0.5, 0.6) is 0 Å². The van der Waals surface area contributed by atoms with Gasteiger partial charge in [0, 0.05) is 35.9 Å². The monoisotopic (exact) mass is 435 g/mol. The minimum Gasteiger partial charge on any atom is -0.363 e. The SMILES string of the molecule is Clc1nc(-c2ccc(N(Cc3ccccc3)Cc3ccccc3)cc2)cc2ncccc12. The fourth-order valence-electron chi connectivity index (χ4n) is 3.87. The standard InChI is InChI=1S/C28H22ClN3/c29-28-25-12-7-17-30-27(25)18-26(31-28)23-13-15-24(16-14-23)32(19-21-8-3-1-4-9-21)20-22-10-5-2-6-11-22/h1-18H,19-20H2. The summed E-state index contributed by atoms with van der Waals surface area (Å²) in [7, 11) is 0. The lowest BCUT2D eigenvalue weighted by molar-refractivity contribution is 0.800. The topological polar surface area (TPSA) is 29.0 Å². The third-order valence-electron chi connectivity index (χ3n) is 5.51. The molecule has 0 fully saturated rings. The van der Waals surface area contributed by atoms with Crippen molar-refractivity contribution in [1.29, 1.82) is 0 Å². The van der Waals surface area contributed by atoms with Gasteiger partial charge in [0.05, 0.1) is 11.2 Å². The molecule has 156 valence electrons. The molecule has 0 saturated heterocycles. The van der Waals surface area contributed by atoms with Crippen molar-refractivity contribution in [2.24, 2.45) is 0 Å². The van der Waals surface area contributed by atoms with Crippen molar-refractivity contribution in [3.63, 3.8) is 0 Å². The van der Waals surface area contributed by atoms with Crippen LogP contribution in [0.1, 0.15) is 11.1 Å². The molecule has 2 aromatic heterocycles. The maximum Gasteiger partial charge on any atom is 0.139 e. The molecule has 0 bridgehead atoms. The number of halogens is 1. The Morgan fingerprint density at radius 2 is 1.31 bits per heavy atom. The van der Waals surface area contributed by atoms with E-state index in [0.29, 0.717) is 5.15 Å². The van der Waals surface area contributed by atoms with Gasteiger partial charge in [-0.25, -0.2) is 4.98 Å². The van der Waals surface area contributed by atoms with E-state index in [-0.39, 0.29) is 0 Å². The molecular weight excluding hydrogens is 414 g/mol. The van der Waals surface area contributed by atoms with Gasteiger partial charge in [-0.1, -0.05) is 84.4 Å². The van der Waals surface area contributed by atoms with Gasteiger partial charge >= 0.3 is 0 Å². The zero-order valence-electron chi connectivity index (χ0n) is 17.5. The van der Waals surface area contributed by atoms with E-state index in [1.165, 1.54) is 11.1 Å². The number of fused-ring (bicyclic) bond motifs is 1. The van der Waals surface area contributed by atoms with Gasteiger partial charge in [-0.15, -0.1) is 0 Å². The minimum absolute atomic E-state index is 0.476. The van der Waals surface area contributed by atoms with E-state index in [2.05, 4.69) is 99.8 Å². The fraction of sp³-hybridized carbons (Fsp3) is 0.0714. The van der Waals surface area contributed by atoms with Gasteiger partial charge in [0.25, 0.3) is 0 Å². The number of pyridine rings is 2. The molecule has 0 saturated carbocycles. The van der Waals surface area contributed by atoms with E-state index in [1.807, 2.05) is 18.2 Å². The third kappa shape index (κ3) is 4.48. The van der Waals surface area contributed by atoms with Crippen molar-refractivity contribution in [2.75, 3.05) is 4.90 Å². The quantitative estimate of drug-likeness (QED) is 0.265. The summed E-state index contributed by atoms with van der Waals surface area (Å²) in [5, 5.41) is 1.34. The van der Waals surface area contributed by atoms with Gasteiger partial charge in [0.1, 0.15) is 5.15 Å². The van der Waals surface area contributed by atoms with E-state index in [9.17, 15) is 0 Å².